The zero-order valence-electron chi connectivity index (χ0n) is 14.2. The number of hydrogen-bond donors (Lipinski definition) is 2. The molecule has 1 heterocycles. The fourth-order valence-electron chi connectivity index (χ4n) is 2.04. The lowest BCUT2D eigenvalue weighted by atomic mass is 10.0. The van der Waals surface area contributed by atoms with Crippen LogP contribution in [0.1, 0.15) is 19.4 Å². The number of nitrogens with one attached hydrogen (secondary N) is 1. The minimum atomic E-state index is -0.562. The minimum Gasteiger partial charge on any atom is -0.493 e. The number of ether oxygens (including phenoxy) is 2. The molecular weight excluding hydrogens is 306 g/mol. The Morgan fingerprint density at radius 1 is 1.21 bits per heavy atom. The van der Waals surface area contributed by atoms with E-state index >= 15 is 0 Å². The molecule has 0 radical (unpaired) electrons. The third-order valence-electron chi connectivity index (χ3n) is 3.60. The van der Waals surface area contributed by atoms with Crippen molar-refractivity contribution in [3.05, 3.63) is 48.3 Å². The highest BCUT2D eigenvalue weighted by molar-refractivity contribution is 5.95. The summed E-state index contributed by atoms with van der Waals surface area (Å²) in [5.41, 5.74) is 7.46. The van der Waals surface area contributed by atoms with Crippen LogP contribution in [0.5, 0.6) is 11.5 Å². The van der Waals surface area contributed by atoms with Gasteiger partial charge in [0.15, 0.2) is 11.5 Å². The van der Waals surface area contributed by atoms with Gasteiger partial charge in [-0.15, -0.1) is 0 Å². The Morgan fingerprint density at radius 3 is 2.54 bits per heavy atom. The zero-order valence-corrected chi connectivity index (χ0v) is 14.2. The van der Waals surface area contributed by atoms with E-state index < -0.39 is 6.04 Å². The van der Waals surface area contributed by atoms with Crippen molar-refractivity contribution >= 4 is 11.6 Å². The van der Waals surface area contributed by atoms with Crippen molar-refractivity contribution in [3.63, 3.8) is 0 Å². The summed E-state index contributed by atoms with van der Waals surface area (Å²) in [6.45, 7) is 4.19. The van der Waals surface area contributed by atoms with Crippen molar-refractivity contribution in [1.82, 2.24) is 4.98 Å². The van der Waals surface area contributed by atoms with Crippen LogP contribution in [0.15, 0.2) is 42.7 Å². The maximum Gasteiger partial charge on any atom is 0.241 e. The van der Waals surface area contributed by atoms with Crippen LogP contribution in [0.25, 0.3) is 0 Å². The molecule has 1 aromatic heterocycles. The van der Waals surface area contributed by atoms with Gasteiger partial charge in [0, 0.05) is 24.1 Å². The van der Waals surface area contributed by atoms with E-state index in [0.717, 1.165) is 5.56 Å². The SMILES string of the molecule is COc1ccc(NC(=O)[C@@H](N)C(C)C)cc1OCc1ccncc1. The first kappa shape index (κ1) is 17.7. The summed E-state index contributed by atoms with van der Waals surface area (Å²) >= 11 is 0. The fourth-order valence-corrected chi connectivity index (χ4v) is 2.04. The van der Waals surface area contributed by atoms with Gasteiger partial charge in [0.05, 0.1) is 13.2 Å². The molecule has 128 valence electrons. The Kier molecular flexibility index (Phi) is 6.14. The molecule has 0 saturated carbocycles. The number of hydrogen-bond acceptors (Lipinski definition) is 5. The van der Waals surface area contributed by atoms with Gasteiger partial charge in [0.25, 0.3) is 0 Å². The van der Waals surface area contributed by atoms with Crippen LogP contribution in [-0.4, -0.2) is 24.0 Å². The van der Waals surface area contributed by atoms with Crippen LogP contribution in [0, 0.1) is 5.92 Å². The van der Waals surface area contributed by atoms with Crippen LogP contribution < -0.4 is 20.5 Å². The summed E-state index contributed by atoms with van der Waals surface area (Å²) in [5, 5.41) is 2.80. The number of pyridine rings is 1. The average Bonchev–Trinajstić information content (AvgIpc) is 2.60. The number of anilines is 1. The first-order valence-corrected chi connectivity index (χ1v) is 7.77. The second-order valence-electron chi connectivity index (χ2n) is 5.77. The molecule has 2 rings (SSSR count). The zero-order chi connectivity index (χ0) is 17.5. The molecule has 0 aliphatic heterocycles. The second kappa shape index (κ2) is 8.31. The molecule has 0 fully saturated rings. The number of amides is 1. The molecule has 6 nitrogen and oxygen atoms in total. The van der Waals surface area contributed by atoms with E-state index in [9.17, 15) is 4.79 Å². The summed E-state index contributed by atoms with van der Waals surface area (Å²) in [6.07, 6.45) is 3.42. The highest BCUT2D eigenvalue weighted by Gasteiger charge is 2.18. The number of nitrogens with two attached hydrogens (primary N) is 1. The highest BCUT2D eigenvalue weighted by atomic mass is 16.5. The van der Waals surface area contributed by atoms with E-state index in [-0.39, 0.29) is 11.8 Å². The Morgan fingerprint density at radius 2 is 1.92 bits per heavy atom. The largest absolute Gasteiger partial charge is 0.493 e. The summed E-state index contributed by atoms with van der Waals surface area (Å²) in [5.74, 6) is 0.973. The highest BCUT2D eigenvalue weighted by Crippen LogP contribution is 2.31. The third-order valence-corrected chi connectivity index (χ3v) is 3.60. The molecule has 1 amide bonds. The topological polar surface area (TPSA) is 86.5 Å². The molecule has 24 heavy (non-hydrogen) atoms. The molecule has 0 spiro atoms. The molecule has 1 aromatic carbocycles. The predicted molar refractivity (Wildman–Crippen MR) is 93.0 cm³/mol. The van der Waals surface area contributed by atoms with Gasteiger partial charge in [-0.25, -0.2) is 0 Å². The predicted octanol–water partition coefficient (Wildman–Crippen LogP) is 2.59. The Hall–Kier alpha value is -2.60. The molecule has 6 heteroatoms. The second-order valence-corrected chi connectivity index (χ2v) is 5.77. The number of carbonyl (C=O) groups is 1. The smallest absolute Gasteiger partial charge is 0.241 e. The number of benzene rings is 1. The van der Waals surface area contributed by atoms with E-state index in [1.165, 1.54) is 0 Å². The normalized spacial score (nSPS) is 11.9. The Labute approximate surface area is 142 Å². The first-order valence-electron chi connectivity index (χ1n) is 7.77. The number of aromatic nitrogens is 1. The van der Waals surface area contributed by atoms with Crippen LogP contribution >= 0.6 is 0 Å². The van der Waals surface area contributed by atoms with Crippen LogP contribution in [0.4, 0.5) is 5.69 Å². The van der Waals surface area contributed by atoms with Gasteiger partial charge in [-0.2, -0.15) is 0 Å². The van der Waals surface area contributed by atoms with Crippen molar-refractivity contribution < 1.29 is 14.3 Å². The van der Waals surface area contributed by atoms with E-state index in [1.807, 2.05) is 26.0 Å². The minimum absolute atomic E-state index is 0.0608. The molecule has 0 saturated heterocycles. The molecular formula is C18H23N3O3. The summed E-state index contributed by atoms with van der Waals surface area (Å²) in [7, 11) is 1.57. The Bertz CT molecular complexity index is 674. The third kappa shape index (κ3) is 4.70. The van der Waals surface area contributed by atoms with Crippen LogP contribution in [0.3, 0.4) is 0 Å². The van der Waals surface area contributed by atoms with Gasteiger partial charge >= 0.3 is 0 Å². The van der Waals surface area contributed by atoms with Crippen molar-refractivity contribution in [2.24, 2.45) is 11.7 Å². The van der Waals surface area contributed by atoms with Gasteiger partial charge in [-0.05, 0) is 35.7 Å². The van der Waals surface area contributed by atoms with Gasteiger partial charge in [0.2, 0.25) is 5.91 Å². The standard InChI is InChI=1S/C18H23N3O3/c1-12(2)17(19)18(22)21-14-4-5-15(23-3)16(10-14)24-11-13-6-8-20-9-7-13/h4-10,12,17H,11,19H2,1-3H3,(H,21,22)/t17-/m0/s1. The van der Waals surface area contributed by atoms with Crippen LogP contribution in [0.2, 0.25) is 0 Å². The lowest BCUT2D eigenvalue weighted by Gasteiger charge is -2.17. The maximum atomic E-state index is 12.1. The maximum absolute atomic E-state index is 12.1. The molecule has 0 bridgehead atoms. The Balaban J connectivity index is 2.10. The van der Waals surface area contributed by atoms with Gasteiger partial charge < -0.3 is 20.5 Å². The number of rotatable bonds is 7. The summed E-state index contributed by atoms with van der Waals surface area (Å²) < 4.78 is 11.1. The van der Waals surface area contributed by atoms with E-state index in [0.29, 0.717) is 23.8 Å². The molecule has 3 N–H and O–H groups in total. The van der Waals surface area contributed by atoms with Crippen molar-refractivity contribution in [2.45, 2.75) is 26.5 Å². The lowest BCUT2D eigenvalue weighted by molar-refractivity contribution is -0.118. The van der Waals surface area contributed by atoms with Crippen LogP contribution in [-0.2, 0) is 11.4 Å². The van der Waals surface area contributed by atoms with E-state index in [1.54, 1.807) is 37.7 Å². The lowest BCUT2D eigenvalue weighted by Crippen LogP contribution is -2.39. The number of nitrogens with zero attached hydrogens (tertiary/aromatic N) is 1. The molecule has 0 aliphatic carbocycles. The monoisotopic (exact) mass is 329 g/mol. The van der Waals surface area contributed by atoms with Gasteiger partial charge in [-0.3, -0.25) is 9.78 Å². The quantitative estimate of drug-likeness (QED) is 0.815. The fraction of sp³-hybridized carbons (Fsp3) is 0.333. The van der Waals surface area contributed by atoms with Gasteiger partial charge in [-0.1, -0.05) is 13.8 Å². The molecule has 0 aliphatic rings. The molecule has 2 aromatic rings. The number of carbonyl (C=O) groups excluding carboxylic acids is 1. The number of methoxy groups -OCH3 is 1. The first-order chi connectivity index (χ1) is 11.5. The average molecular weight is 329 g/mol. The van der Waals surface area contributed by atoms with E-state index in [4.69, 9.17) is 15.2 Å². The summed E-state index contributed by atoms with van der Waals surface area (Å²) in [6, 6.07) is 8.42. The summed E-state index contributed by atoms with van der Waals surface area (Å²) in [4.78, 5) is 16.1. The van der Waals surface area contributed by atoms with Crippen molar-refractivity contribution in [2.75, 3.05) is 12.4 Å². The van der Waals surface area contributed by atoms with Gasteiger partial charge in [0.1, 0.15) is 6.61 Å². The molecule has 0 unspecified atom stereocenters. The molecule has 1 atom stereocenters. The van der Waals surface area contributed by atoms with E-state index in [2.05, 4.69) is 10.3 Å². The van der Waals surface area contributed by atoms with Crippen molar-refractivity contribution in [3.8, 4) is 11.5 Å². The van der Waals surface area contributed by atoms with Crippen molar-refractivity contribution in [1.29, 1.82) is 0 Å².